The Hall–Kier alpha value is -0.310. The van der Waals surface area contributed by atoms with E-state index in [0.29, 0.717) is 0 Å². The van der Waals surface area contributed by atoms with E-state index in [-0.39, 0.29) is 11.5 Å². The molecule has 0 bridgehead atoms. The average molecular weight is 485 g/mol. The first kappa shape index (κ1) is 33.3. The SMILES string of the molecule is CCCCCCCCS([NH3+])(=O)=O.CCCCCCCCS([NH3+])(=O)=O.O=S(=O)([O-])[O-]. The Morgan fingerprint density at radius 1 is 0.517 bits per heavy atom. The third-order valence-corrected chi connectivity index (χ3v) is 5.44. The van der Waals surface area contributed by atoms with Gasteiger partial charge in [0.25, 0.3) is 20.0 Å². The molecule has 0 spiro atoms. The Kier molecular flexibility index (Phi) is 22.6. The van der Waals surface area contributed by atoms with Gasteiger partial charge < -0.3 is 9.11 Å². The Morgan fingerprint density at radius 3 is 0.931 bits per heavy atom. The average Bonchev–Trinajstić information content (AvgIpc) is 2.51. The van der Waals surface area contributed by atoms with Crippen molar-refractivity contribution in [3.8, 4) is 0 Å². The van der Waals surface area contributed by atoms with Gasteiger partial charge >= 0.3 is 0 Å². The Bertz CT molecular complexity index is 610. The minimum atomic E-state index is -5.17. The van der Waals surface area contributed by atoms with Crippen LogP contribution in [0.5, 0.6) is 0 Å². The molecule has 0 aromatic rings. The molecule has 29 heavy (non-hydrogen) atoms. The molecule has 0 saturated heterocycles. The van der Waals surface area contributed by atoms with E-state index in [2.05, 4.69) is 24.1 Å². The van der Waals surface area contributed by atoms with Crippen molar-refractivity contribution in [2.75, 3.05) is 11.5 Å². The molecular formula is C16H40N2O8S3. The number of quaternary nitrogens is 2. The lowest BCUT2D eigenvalue weighted by molar-refractivity contribution is -0.166. The summed E-state index contributed by atoms with van der Waals surface area (Å²) in [6.45, 7) is 4.33. The summed E-state index contributed by atoms with van der Waals surface area (Å²) in [7, 11) is -11.1. The Morgan fingerprint density at radius 2 is 0.724 bits per heavy atom. The molecule has 0 amide bonds. The largest absolute Gasteiger partial charge is 0.759 e. The molecule has 6 N–H and O–H groups in total. The lowest BCUT2D eigenvalue weighted by Gasteiger charge is -2.06. The van der Waals surface area contributed by atoms with Gasteiger partial charge in [0, 0.05) is 10.4 Å². The predicted octanol–water partition coefficient (Wildman–Crippen LogP) is 0.499. The summed E-state index contributed by atoms with van der Waals surface area (Å²) in [6, 6.07) is 0. The molecule has 0 atom stereocenters. The van der Waals surface area contributed by atoms with E-state index in [1.807, 2.05) is 0 Å². The summed E-state index contributed by atoms with van der Waals surface area (Å²) in [5.74, 6) is 0.498. The smallest absolute Gasteiger partial charge is 0.292 e. The number of unbranched alkanes of at least 4 members (excludes halogenated alkanes) is 10. The third kappa shape index (κ3) is 58.4. The van der Waals surface area contributed by atoms with Gasteiger partial charge in [-0.2, -0.15) is 16.8 Å². The van der Waals surface area contributed by atoms with Crippen LogP contribution in [-0.2, 0) is 30.4 Å². The quantitative estimate of drug-likeness (QED) is 0.201. The number of sulfonamides is 2. The molecule has 180 valence electrons. The van der Waals surface area contributed by atoms with Gasteiger partial charge in [0.2, 0.25) is 0 Å². The maximum absolute atomic E-state index is 10.6. The van der Waals surface area contributed by atoms with E-state index in [9.17, 15) is 16.8 Å². The monoisotopic (exact) mass is 484 g/mol. The topological polar surface area (TPSA) is 204 Å². The van der Waals surface area contributed by atoms with Crippen molar-refractivity contribution < 1.29 is 44.6 Å². The van der Waals surface area contributed by atoms with Crippen molar-refractivity contribution in [2.24, 2.45) is 0 Å². The molecule has 0 aliphatic rings. The van der Waals surface area contributed by atoms with E-state index in [1.54, 1.807) is 0 Å². The zero-order chi connectivity index (χ0) is 23.4. The molecule has 10 nitrogen and oxygen atoms in total. The van der Waals surface area contributed by atoms with Crippen LogP contribution < -0.4 is 10.3 Å². The summed E-state index contributed by atoms with van der Waals surface area (Å²) < 4.78 is 76.5. The first-order valence-electron chi connectivity index (χ1n) is 9.90. The van der Waals surface area contributed by atoms with Gasteiger partial charge in [-0.3, -0.25) is 18.7 Å². The zero-order valence-corrected chi connectivity index (χ0v) is 20.3. The fourth-order valence-corrected chi connectivity index (χ4v) is 3.49. The van der Waals surface area contributed by atoms with E-state index >= 15 is 0 Å². The lowest BCUT2D eigenvalue weighted by atomic mass is 10.1. The van der Waals surface area contributed by atoms with Crippen molar-refractivity contribution in [2.45, 2.75) is 90.9 Å². The second-order valence-electron chi connectivity index (χ2n) is 6.84. The normalized spacial score (nSPS) is 11.8. The Labute approximate surface area is 177 Å². The van der Waals surface area contributed by atoms with Crippen LogP contribution >= 0.6 is 0 Å². The van der Waals surface area contributed by atoms with Crippen LogP contribution in [0, 0.1) is 0 Å². The number of rotatable bonds is 14. The molecule has 0 aromatic heterocycles. The molecular weight excluding hydrogens is 444 g/mol. The van der Waals surface area contributed by atoms with Crippen LogP contribution in [0.15, 0.2) is 0 Å². The van der Waals surface area contributed by atoms with Crippen LogP contribution in [0.1, 0.15) is 90.9 Å². The summed E-state index contributed by atoms with van der Waals surface area (Å²) in [5.41, 5.74) is 0. The summed E-state index contributed by atoms with van der Waals surface area (Å²) in [6.07, 6.45) is 13.3. The molecule has 0 heterocycles. The van der Waals surface area contributed by atoms with Crippen molar-refractivity contribution in [1.82, 2.24) is 0 Å². The summed E-state index contributed by atoms with van der Waals surface area (Å²) in [4.78, 5) is 0. The molecule has 0 aromatic carbocycles. The van der Waals surface area contributed by atoms with E-state index < -0.39 is 30.4 Å². The van der Waals surface area contributed by atoms with Crippen molar-refractivity contribution in [3.63, 3.8) is 0 Å². The maximum atomic E-state index is 10.6. The zero-order valence-electron chi connectivity index (χ0n) is 17.8. The predicted molar refractivity (Wildman–Crippen MR) is 111 cm³/mol. The first-order valence-corrected chi connectivity index (χ1v) is 14.9. The fourth-order valence-electron chi connectivity index (χ4n) is 2.20. The van der Waals surface area contributed by atoms with Crippen LogP contribution in [0.25, 0.3) is 0 Å². The van der Waals surface area contributed by atoms with E-state index in [1.165, 1.54) is 38.5 Å². The second kappa shape index (κ2) is 19.6. The molecule has 0 aliphatic heterocycles. The molecule has 13 heteroatoms. The maximum Gasteiger partial charge on any atom is 0.292 e. The van der Waals surface area contributed by atoms with Crippen LogP contribution in [0.2, 0.25) is 0 Å². The van der Waals surface area contributed by atoms with Crippen LogP contribution in [0.4, 0.5) is 0 Å². The highest BCUT2D eigenvalue weighted by molar-refractivity contribution is 7.84. The molecule has 0 rings (SSSR count). The standard InChI is InChI=1S/2C8H19NO2S.H2O4S/c2*1-2-3-4-5-6-7-8-12(9,10)11;1-5(2,3)4/h2*2-8H2,1H3,(H2,9,10,11);(H2,1,2,3,4). The minimum Gasteiger partial charge on any atom is -0.759 e. The van der Waals surface area contributed by atoms with Crippen LogP contribution in [-0.4, -0.2) is 45.9 Å². The van der Waals surface area contributed by atoms with Gasteiger partial charge in [0.1, 0.15) is 11.5 Å². The van der Waals surface area contributed by atoms with E-state index in [0.717, 1.165) is 38.5 Å². The number of hydrogen-bond acceptors (Lipinski definition) is 8. The minimum absolute atomic E-state index is 0.249. The highest BCUT2D eigenvalue weighted by Gasteiger charge is 2.05. The second-order valence-corrected chi connectivity index (χ2v) is 11.4. The van der Waals surface area contributed by atoms with Gasteiger partial charge in [0.05, 0.1) is 0 Å². The van der Waals surface area contributed by atoms with Gasteiger partial charge in [0.15, 0.2) is 0 Å². The highest BCUT2D eigenvalue weighted by Crippen LogP contribution is 2.05. The molecule has 0 unspecified atom stereocenters. The van der Waals surface area contributed by atoms with Gasteiger partial charge in [-0.15, -0.1) is 0 Å². The fraction of sp³-hybridized carbons (Fsp3) is 1.00. The highest BCUT2D eigenvalue weighted by atomic mass is 32.3. The Balaban J connectivity index is -0.000000380. The van der Waals surface area contributed by atoms with Crippen LogP contribution in [0.3, 0.4) is 0 Å². The summed E-state index contributed by atoms with van der Waals surface area (Å²) in [5, 5.41) is 6.15. The number of hydrogen-bond donors (Lipinski definition) is 2. The van der Waals surface area contributed by atoms with Crippen molar-refractivity contribution >= 4 is 30.4 Å². The van der Waals surface area contributed by atoms with Gasteiger partial charge in [-0.1, -0.05) is 78.1 Å². The van der Waals surface area contributed by atoms with E-state index in [4.69, 9.17) is 17.5 Å². The van der Waals surface area contributed by atoms with Gasteiger partial charge in [-0.25, -0.2) is 0 Å². The summed E-state index contributed by atoms with van der Waals surface area (Å²) >= 11 is 0. The van der Waals surface area contributed by atoms with Gasteiger partial charge in [-0.05, 0) is 12.8 Å². The molecule has 0 saturated carbocycles. The first-order chi connectivity index (χ1) is 13.1. The molecule has 0 radical (unpaired) electrons. The van der Waals surface area contributed by atoms with Crippen molar-refractivity contribution in [3.05, 3.63) is 0 Å². The molecule has 0 fully saturated rings. The lowest BCUT2D eigenvalue weighted by Crippen LogP contribution is -2.57. The van der Waals surface area contributed by atoms with Crippen molar-refractivity contribution in [1.29, 1.82) is 0 Å². The molecule has 0 aliphatic carbocycles. The third-order valence-electron chi connectivity index (χ3n) is 3.62.